The van der Waals surface area contributed by atoms with Gasteiger partial charge in [0.25, 0.3) is 0 Å². The van der Waals surface area contributed by atoms with Crippen molar-refractivity contribution in [2.75, 3.05) is 33.9 Å². The Labute approximate surface area is 161 Å². The van der Waals surface area contributed by atoms with Crippen LogP contribution in [0.1, 0.15) is 18.4 Å². The first-order chi connectivity index (χ1) is 13.2. The molecule has 0 bridgehead atoms. The minimum absolute atomic E-state index is 0.0274. The second-order valence-electron chi connectivity index (χ2n) is 6.95. The second kappa shape index (κ2) is 9.53. The van der Waals surface area contributed by atoms with Gasteiger partial charge in [-0.05, 0) is 36.1 Å². The number of amides is 1. The number of carbonyl (C=O) groups is 1. The highest BCUT2D eigenvalue weighted by molar-refractivity contribution is 5.77. The zero-order valence-electron chi connectivity index (χ0n) is 16.1. The number of hydrogen-bond acceptors (Lipinski definition) is 4. The molecule has 0 saturated carbocycles. The summed E-state index contributed by atoms with van der Waals surface area (Å²) >= 11 is 0. The molecule has 1 amide bonds. The quantitative estimate of drug-likeness (QED) is 0.816. The molecule has 0 aliphatic carbocycles. The van der Waals surface area contributed by atoms with Crippen molar-refractivity contribution in [2.24, 2.45) is 0 Å². The van der Waals surface area contributed by atoms with Crippen LogP contribution in [0.5, 0.6) is 5.75 Å². The van der Waals surface area contributed by atoms with Gasteiger partial charge in [0.05, 0.1) is 7.11 Å². The molecule has 0 aromatic heterocycles. The lowest BCUT2D eigenvalue weighted by atomic mass is 10.0. The summed E-state index contributed by atoms with van der Waals surface area (Å²) in [5.74, 6) is 0.864. The second-order valence-corrected chi connectivity index (χ2v) is 6.95. The van der Waals surface area contributed by atoms with Crippen LogP contribution in [0.25, 0.3) is 11.1 Å². The maximum absolute atomic E-state index is 11.6. The predicted molar refractivity (Wildman–Crippen MR) is 107 cm³/mol. The molecule has 0 radical (unpaired) electrons. The molecule has 144 valence electrons. The molecule has 1 aliphatic heterocycles. The van der Waals surface area contributed by atoms with E-state index in [0.29, 0.717) is 0 Å². The summed E-state index contributed by atoms with van der Waals surface area (Å²) in [6.45, 7) is 3.02. The van der Waals surface area contributed by atoms with Crippen LogP contribution >= 0.6 is 0 Å². The lowest BCUT2D eigenvalue weighted by Gasteiger charge is -2.32. The largest absolute Gasteiger partial charge is 0.496 e. The summed E-state index contributed by atoms with van der Waals surface area (Å²) in [6.07, 6.45) is 1.95. The summed E-state index contributed by atoms with van der Waals surface area (Å²) in [5.41, 5.74) is 3.58. The molecule has 5 nitrogen and oxygen atoms in total. The van der Waals surface area contributed by atoms with E-state index in [0.717, 1.165) is 43.8 Å². The van der Waals surface area contributed by atoms with E-state index in [9.17, 15) is 4.79 Å². The van der Waals surface area contributed by atoms with Gasteiger partial charge in [-0.1, -0.05) is 36.4 Å². The average Bonchev–Trinajstić information content (AvgIpc) is 2.70. The summed E-state index contributed by atoms with van der Waals surface area (Å²) in [7, 11) is 3.25. The number of hydrogen-bond donors (Lipinski definition) is 1. The number of para-hydroxylation sites is 1. The van der Waals surface area contributed by atoms with Crippen LogP contribution in [-0.4, -0.2) is 50.8 Å². The maximum atomic E-state index is 11.6. The predicted octanol–water partition coefficient (Wildman–Crippen LogP) is 3.09. The first-order valence-corrected chi connectivity index (χ1v) is 9.42. The van der Waals surface area contributed by atoms with Crippen LogP contribution in [0.2, 0.25) is 0 Å². The van der Waals surface area contributed by atoms with E-state index in [1.54, 1.807) is 14.2 Å². The van der Waals surface area contributed by atoms with Crippen molar-refractivity contribution in [2.45, 2.75) is 25.4 Å². The smallest absolute Gasteiger partial charge is 0.246 e. The molecule has 1 N–H and O–H groups in total. The Balaban J connectivity index is 1.59. The first kappa shape index (κ1) is 19.4. The van der Waals surface area contributed by atoms with Crippen molar-refractivity contribution in [1.29, 1.82) is 0 Å². The summed E-state index contributed by atoms with van der Waals surface area (Å²) in [5, 5.41) is 3.04. The Morgan fingerprint density at radius 3 is 2.63 bits per heavy atom. The van der Waals surface area contributed by atoms with Crippen LogP contribution in [-0.2, 0) is 16.1 Å². The minimum atomic E-state index is -0.0274. The number of likely N-dealkylation sites (tertiary alicyclic amines) is 1. The number of carbonyl (C=O) groups excluding carboxylic acids is 1. The maximum Gasteiger partial charge on any atom is 0.246 e. The van der Waals surface area contributed by atoms with Crippen LogP contribution in [0, 0.1) is 0 Å². The normalized spacial score (nSPS) is 15.5. The third-order valence-electron chi connectivity index (χ3n) is 4.98. The number of benzene rings is 2. The fourth-order valence-electron chi connectivity index (χ4n) is 3.61. The molecular weight excluding hydrogens is 340 g/mol. The number of nitrogens with zero attached hydrogens (tertiary/aromatic N) is 1. The Bertz CT molecular complexity index is 755. The zero-order chi connectivity index (χ0) is 19.1. The molecule has 2 aromatic rings. The van der Waals surface area contributed by atoms with E-state index >= 15 is 0 Å². The standard InChI is InChI=1S/C22H28N2O3/c1-26-16-22(25)23-19-10-12-24(13-11-19)15-17-6-5-7-18(14-17)20-8-3-4-9-21(20)27-2/h3-9,14,19H,10-13,15-16H2,1-2H3,(H,23,25). The SMILES string of the molecule is COCC(=O)NC1CCN(Cc2cccc(-c3ccccc3OC)c2)CC1. The Kier molecular flexibility index (Phi) is 6.85. The van der Waals surface area contributed by atoms with E-state index < -0.39 is 0 Å². The van der Waals surface area contributed by atoms with Gasteiger partial charge in [0.2, 0.25) is 5.91 Å². The molecule has 0 unspecified atom stereocenters. The van der Waals surface area contributed by atoms with Crippen LogP contribution in [0.15, 0.2) is 48.5 Å². The van der Waals surface area contributed by atoms with E-state index in [4.69, 9.17) is 9.47 Å². The van der Waals surface area contributed by atoms with E-state index in [-0.39, 0.29) is 18.6 Å². The van der Waals surface area contributed by atoms with Crippen molar-refractivity contribution < 1.29 is 14.3 Å². The Morgan fingerprint density at radius 2 is 1.89 bits per heavy atom. The van der Waals surface area contributed by atoms with E-state index in [1.165, 1.54) is 11.1 Å². The van der Waals surface area contributed by atoms with Gasteiger partial charge in [-0.25, -0.2) is 0 Å². The van der Waals surface area contributed by atoms with Gasteiger partial charge in [-0.3, -0.25) is 9.69 Å². The zero-order valence-corrected chi connectivity index (χ0v) is 16.1. The number of ether oxygens (including phenoxy) is 2. The molecule has 3 rings (SSSR count). The Hall–Kier alpha value is -2.37. The highest BCUT2D eigenvalue weighted by atomic mass is 16.5. The lowest BCUT2D eigenvalue weighted by molar-refractivity contribution is -0.125. The average molecular weight is 368 g/mol. The van der Waals surface area contributed by atoms with Crippen molar-refractivity contribution >= 4 is 5.91 Å². The highest BCUT2D eigenvalue weighted by Gasteiger charge is 2.20. The van der Waals surface area contributed by atoms with Crippen molar-refractivity contribution in [1.82, 2.24) is 10.2 Å². The fourth-order valence-corrected chi connectivity index (χ4v) is 3.61. The van der Waals surface area contributed by atoms with Gasteiger partial charge >= 0.3 is 0 Å². The molecule has 1 fully saturated rings. The van der Waals surface area contributed by atoms with Gasteiger partial charge in [-0.15, -0.1) is 0 Å². The monoisotopic (exact) mass is 368 g/mol. The number of rotatable bonds is 7. The fraction of sp³-hybridized carbons (Fsp3) is 0.409. The molecule has 1 heterocycles. The lowest BCUT2D eigenvalue weighted by Crippen LogP contribution is -2.45. The van der Waals surface area contributed by atoms with E-state index in [2.05, 4.69) is 40.5 Å². The minimum Gasteiger partial charge on any atom is -0.496 e. The molecule has 0 atom stereocenters. The van der Waals surface area contributed by atoms with Gasteiger partial charge in [-0.2, -0.15) is 0 Å². The van der Waals surface area contributed by atoms with Crippen LogP contribution < -0.4 is 10.1 Å². The van der Waals surface area contributed by atoms with Gasteiger partial charge < -0.3 is 14.8 Å². The number of nitrogens with one attached hydrogen (secondary N) is 1. The number of piperidine rings is 1. The van der Waals surface area contributed by atoms with Crippen LogP contribution in [0.4, 0.5) is 0 Å². The summed E-state index contributed by atoms with van der Waals surface area (Å²) < 4.78 is 10.4. The van der Waals surface area contributed by atoms with Gasteiger partial charge in [0.1, 0.15) is 12.4 Å². The summed E-state index contributed by atoms with van der Waals surface area (Å²) in [6, 6.07) is 17.0. The molecule has 1 aliphatic rings. The number of methoxy groups -OCH3 is 2. The summed E-state index contributed by atoms with van der Waals surface area (Å²) in [4.78, 5) is 14.1. The molecule has 1 saturated heterocycles. The van der Waals surface area contributed by atoms with E-state index in [1.807, 2.05) is 18.2 Å². The van der Waals surface area contributed by atoms with Crippen molar-refractivity contribution in [3.63, 3.8) is 0 Å². The third kappa shape index (κ3) is 5.31. The van der Waals surface area contributed by atoms with Gasteiger partial charge in [0, 0.05) is 38.3 Å². The van der Waals surface area contributed by atoms with Crippen molar-refractivity contribution in [3.05, 3.63) is 54.1 Å². The Morgan fingerprint density at radius 1 is 1.11 bits per heavy atom. The van der Waals surface area contributed by atoms with Crippen molar-refractivity contribution in [3.8, 4) is 16.9 Å². The first-order valence-electron chi connectivity index (χ1n) is 9.42. The topological polar surface area (TPSA) is 50.8 Å². The highest BCUT2D eigenvalue weighted by Crippen LogP contribution is 2.30. The molecular formula is C22H28N2O3. The molecule has 2 aromatic carbocycles. The molecule has 5 heteroatoms. The third-order valence-corrected chi connectivity index (χ3v) is 4.98. The van der Waals surface area contributed by atoms with Crippen LogP contribution in [0.3, 0.4) is 0 Å². The molecule has 27 heavy (non-hydrogen) atoms. The van der Waals surface area contributed by atoms with Gasteiger partial charge in [0.15, 0.2) is 0 Å². The molecule has 0 spiro atoms.